The van der Waals surface area contributed by atoms with E-state index in [-0.39, 0.29) is 5.91 Å². The summed E-state index contributed by atoms with van der Waals surface area (Å²) in [5.41, 5.74) is 2.48. The molecule has 0 fully saturated rings. The predicted octanol–water partition coefficient (Wildman–Crippen LogP) is 3.18. The van der Waals surface area contributed by atoms with Crippen LogP contribution in [0.15, 0.2) is 73.1 Å². The normalized spacial score (nSPS) is 10.3. The van der Waals surface area contributed by atoms with Gasteiger partial charge in [0.25, 0.3) is 5.91 Å². The molecule has 104 valence electrons. The molecule has 4 heteroatoms. The van der Waals surface area contributed by atoms with Gasteiger partial charge in [0.15, 0.2) is 0 Å². The molecule has 3 aromatic rings. The van der Waals surface area contributed by atoms with Crippen molar-refractivity contribution in [1.29, 1.82) is 0 Å². The number of nitrogens with one attached hydrogen (secondary N) is 1. The number of carbonyl (C=O) groups excluding carboxylic acids is 1. The highest BCUT2D eigenvalue weighted by molar-refractivity contribution is 6.03. The largest absolute Gasteiger partial charge is 0.322 e. The van der Waals surface area contributed by atoms with Gasteiger partial charge in [-0.1, -0.05) is 48.5 Å². The molecular weight excluding hydrogens is 262 g/mol. The van der Waals surface area contributed by atoms with Crippen molar-refractivity contribution in [2.45, 2.75) is 6.54 Å². The second-order valence-corrected chi connectivity index (χ2v) is 4.73. The maximum atomic E-state index is 12.1. The number of amides is 1. The van der Waals surface area contributed by atoms with Crippen LogP contribution in [0, 0.1) is 0 Å². The van der Waals surface area contributed by atoms with Crippen molar-refractivity contribution in [3.63, 3.8) is 0 Å². The molecule has 1 N–H and O–H groups in total. The van der Waals surface area contributed by atoms with Gasteiger partial charge in [-0.2, -0.15) is 5.10 Å². The Kier molecular flexibility index (Phi) is 3.78. The van der Waals surface area contributed by atoms with Crippen LogP contribution in [0.25, 0.3) is 0 Å². The standard InChI is InChI=1S/C17H15N3O/c21-17(19-16-9-5-2-6-10-16)15-11-18-20(13-15)12-14-7-3-1-4-8-14/h1-11,13H,12H2,(H,19,21). The van der Waals surface area contributed by atoms with Crippen molar-refractivity contribution < 1.29 is 4.79 Å². The van der Waals surface area contributed by atoms with E-state index >= 15 is 0 Å². The number of hydrogen-bond acceptors (Lipinski definition) is 2. The van der Waals surface area contributed by atoms with Crippen LogP contribution in [0.3, 0.4) is 0 Å². The fraction of sp³-hybridized carbons (Fsp3) is 0.0588. The lowest BCUT2D eigenvalue weighted by atomic mass is 10.2. The second kappa shape index (κ2) is 6.05. The zero-order chi connectivity index (χ0) is 14.5. The number of carbonyl (C=O) groups is 1. The van der Waals surface area contributed by atoms with E-state index in [1.54, 1.807) is 17.1 Å². The van der Waals surface area contributed by atoms with Gasteiger partial charge in [-0.15, -0.1) is 0 Å². The average Bonchev–Trinajstić information content (AvgIpc) is 2.98. The molecule has 2 aromatic carbocycles. The van der Waals surface area contributed by atoms with Crippen molar-refractivity contribution >= 4 is 11.6 Å². The van der Waals surface area contributed by atoms with Crippen molar-refractivity contribution in [2.75, 3.05) is 5.32 Å². The Morgan fingerprint density at radius 2 is 1.67 bits per heavy atom. The minimum atomic E-state index is -0.152. The minimum Gasteiger partial charge on any atom is -0.322 e. The number of anilines is 1. The molecule has 0 bridgehead atoms. The maximum Gasteiger partial charge on any atom is 0.258 e. The number of aromatic nitrogens is 2. The van der Waals surface area contributed by atoms with Crippen LogP contribution in [0.4, 0.5) is 5.69 Å². The number of nitrogens with zero attached hydrogens (tertiary/aromatic N) is 2. The van der Waals surface area contributed by atoms with E-state index in [4.69, 9.17) is 0 Å². The third kappa shape index (κ3) is 3.36. The van der Waals surface area contributed by atoms with Crippen LogP contribution in [-0.2, 0) is 6.54 Å². The Balaban J connectivity index is 1.68. The number of hydrogen-bond donors (Lipinski definition) is 1. The van der Waals surface area contributed by atoms with Gasteiger partial charge in [0.2, 0.25) is 0 Å². The predicted molar refractivity (Wildman–Crippen MR) is 82.2 cm³/mol. The fourth-order valence-corrected chi connectivity index (χ4v) is 2.06. The smallest absolute Gasteiger partial charge is 0.258 e. The molecule has 0 spiro atoms. The highest BCUT2D eigenvalue weighted by atomic mass is 16.1. The van der Waals surface area contributed by atoms with Gasteiger partial charge in [-0.25, -0.2) is 0 Å². The van der Waals surface area contributed by atoms with Crippen LogP contribution in [0.2, 0.25) is 0 Å². The highest BCUT2D eigenvalue weighted by Gasteiger charge is 2.08. The summed E-state index contributed by atoms with van der Waals surface area (Å²) in [4.78, 5) is 12.1. The number of para-hydroxylation sites is 1. The topological polar surface area (TPSA) is 46.9 Å². The van der Waals surface area contributed by atoms with E-state index in [0.29, 0.717) is 12.1 Å². The van der Waals surface area contributed by atoms with E-state index < -0.39 is 0 Å². The summed E-state index contributed by atoms with van der Waals surface area (Å²) in [7, 11) is 0. The van der Waals surface area contributed by atoms with Crippen molar-refractivity contribution in [2.24, 2.45) is 0 Å². The van der Waals surface area contributed by atoms with Gasteiger partial charge in [0.1, 0.15) is 0 Å². The van der Waals surface area contributed by atoms with Crippen molar-refractivity contribution in [1.82, 2.24) is 9.78 Å². The van der Waals surface area contributed by atoms with E-state index in [0.717, 1.165) is 11.3 Å². The molecule has 0 radical (unpaired) electrons. The molecule has 21 heavy (non-hydrogen) atoms. The Morgan fingerprint density at radius 1 is 1.00 bits per heavy atom. The number of benzene rings is 2. The van der Waals surface area contributed by atoms with E-state index in [9.17, 15) is 4.79 Å². The van der Waals surface area contributed by atoms with Gasteiger partial charge >= 0.3 is 0 Å². The van der Waals surface area contributed by atoms with Crippen LogP contribution in [-0.4, -0.2) is 15.7 Å². The summed E-state index contributed by atoms with van der Waals surface area (Å²) < 4.78 is 1.76. The minimum absolute atomic E-state index is 0.152. The van der Waals surface area contributed by atoms with Gasteiger partial charge in [0, 0.05) is 11.9 Å². The molecule has 4 nitrogen and oxygen atoms in total. The molecule has 1 amide bonds. The summed E-state index contributed by atoms with van der Waals surface area (Å²) >= 11 is 0. The molecule has 1 aromatic heterocycles. The zero-order valence-electron chi connectivity index (χ0n) is 11.4. The molecule has 0 aliphatic rings. The summed E-state index contributed by atoms with van der Waals surface area (Å²) in [6.45, 7) is 0.652. The van der Waals surface area contributed by atoms with Gasteiger partial charge in [0.05, 0.1) is 18.3 Å². The van der Waals surface area contributed by atoms with Crippen LogP contribution in [0.5, 0.6) is 0 Å². The molecule has 1 heterocycles. The van der Waals surface area contributed by atoms with E-state index in [1.807, 2.05) is 60.7 Å². The quantitative estimate of drug-likeness (QED) is 0.796. The van der Waals surface area contributed by atoms with Gasteiger partial charge < -0.3 is 5.32 Å². The van der Waals surface area contributed by atoms with Crippen molar-refractivity contribution in [3.05, 3.63) is 84.2 Å². The lowest BCUT2D eigenvalue weighted by Crippen LogP contribution is -2.11. The molecule has 0 aliphatic heterocycles. The zero-order valence-corrected chi connectivity index (χ0v) is 11.4. The third-order valence-corrected chi connectivity index (χ3v) is 3.11. The molecule has 0 unspecified atom stereocenters. The summed E-state index contributed by atoms with van der Waals surface area (Å²) in [5.74, 6) is -0.152. The molecule has 0 saturated heterocycles. The van der Waals surface area contributed by atoms with E-state index in [1.165, 1.54) is 0 Å². The second-order valence-electron chi connectivity index (χ2n) is 4.73. The summed E-state index contributed by atoms with van der Waals surface area (Å²) in [6.07, 6.45) is 3.34. The molecule has 3 rings (SSSR count). The van der Waals surface area contributed by atoms with Crippen molar-refractivity contribution in [3.8, 4) is 0 Å². The first kappa shape index (κ1) is 13.1. The van der Waals surface area contributed by atoms with Crippen LogP contribution >= 0.6 is 0 Å². The van der Waals surface area contributed by atoms with Gasteiger partial charge in [-0.05, 0) is 17.7 Å². The first-order chi connectivity index (χ1) is 10.3. The number of rotatable bonds is 4. The first-order valence-electron chi connectivity index (χ1n) is 6.74. The Bertz CT molecular complexity index is 720. The first-order valence-corrected chi connectivity index (χ1v) is 6.74. The maximum absolute atomic E-state index is 12.1. The molecule has 0 aliphatic carbocycles. The molecule has 0 atom stereocenters. The van der Waals surface area contributed by atoms with Gasteiger partial charge in [-0.3, -0.25) is 9.48 Å². The monoisotopic (exact) mass is 277 g/mol. The summed E-state index contributed by atoms with van der Waals surface area (Å²) in [6, 6.07) is 19.4. The van der Waals surface area contributed by atoms with Crippen LogP contribution in [0.1, 0.15) is 15.9 Å². The molecule has 0 saturated carbocycles. The van der Waals surface area contributed by atoms with Crippen LogP contribution < -0.4 is 5.32 Å². The Labute approximate surface area is 123 Å². The Hall–Kier alpha value is -2.88. The third-order valence-electron chi connectivity index (χ3n) is 3.11. The molecular formula is C17H15N3O. The SMILES string of the molecule is O=C(Nc1ccccc1)c1cnn(Cc2ccccc2)c1. The fourth-order valence-electron chi connectivity index (χ4n) is 2.06. The van der Waals surface area contributed by atoms with E-state index in [2.05, 4.69) is 10.4 Å². The highest BCUT2D eigenvalue weighted by Crippen LogP contribution is 2.09. The lowest BCUT2D eigenvalue weighted by molar-refractivity contribution is 0.102. The Morgan fingerprint density at radius 3 is 2.38 bits per heavy atom. The summed E-state index contributed by atoms with van der Waals surface area (Å²) in [5, 5.41) is 7.07. The average molecular weight is 277 g/mol. The lowest BCUT2D eigenvalue weighted by Gasteiger charge is -2.02.